The second-order valence-electron chi connectivity index (χ2n) is 4.26. The molecule has 2 aromatic rings. The van der Waals surface area contributed by atoms with Gasteiger partial charge in [-0.15, -0.1) is 11.3 Å². The van der Waals surface area contributed by atoms with E-state index >= 15 is 0 Å². The number of hydrogen-bond donors (Lipinski definition) is 1. The highest BCUT2D eigenvalue weighted by molar-refractivity contribution is 8.02. The Morgan fingerprint density at radius 1 is 1.43 bits per heavy atom. The molecule has 1 aromatic heterocycles. The molecular weight excluding hydrogens is 330 g/mol. The Morgan fingerprint density at radius 3 is 2.81 bits per heavy atom. The summed E-state index contributed by atoms with van der Waals surface area (Å²) in [6, 6.07) is 5.41. The first kappa shape index (κ1) is 16.0. The largest absolute Gasteiger partial charge is 0.478 e. The molecule has 112 valence electrons. The Labute approximate surface area is 131 Å². The number of benzene rings is 1. The summed E-state index contributed by atoms with van der Waals surface area (Å²) in [5.74, 6) is -0.814. The molecule has 0 spiro atoms. The Kier molecular flexibility index (Phi) is 5.02. The van der Waals surface area contributed by atoms with Crippen LogP contribution in [0.1, 0.15) is 16.1 Å². The molecule has 0 bridgehead atoms. The minimum absolute atomic E-state index is 0.0284. The lowest BCUT2D eigenvalue weighted by Gasteiger charge is -2.04. The molecule has 0 saturated heterocycles. The number of carboxylic acid groups (broad SMARTS) is 1. The van der Waals surface area contributed by atoms with E-state index in [0.717, 1.165) is 10.0 Å². The van der Waals surface area contributed by atoms with Crippen molar-refractivity contribution in [2.24, 2.45) is 0 Å². The van der Waals surface area contributed by atoms with Gasteiger partial charge in [0.1, 0.15) is 4.34 Å². The van der Waals surface area contributed by atoms with Crippen molar-refractivity contribution in [2.45, 2.75) is 16.2 Å². The van der Waals surface area contributed by atoms with Crippen LogP contribution in [-0.2, 0) is 9.84 Å². The SMILES string of the molecule is Cc1csc(SCCS(=O)(=O)c2cccc(C(=O)O)c2)n1. The predicted octanol–water partition coefficient (Wildman–Crippen LogP) is 2.72. The van der Waals surface area contributed by atoms with E-state index in [1.165, 1.54) is 47.4 Å². The van der Waals surface area contributed by atoms with Crippen LogP contribution in [0, 0.1) is 6.92 Å². The van der Waals surface area contributed by atoms with Gasteiger partial charge in [-0.2, -0.15) is 0 Å². The van der Waals surface area contributed by atoms with Gasteiger partial charge >= 0.3 is 5.97 Å². The summed E-state index contributed by atoms with van der Waals surface area (Å²) in [4.78, 5) is 15.2. The fourth-order valence-electron chi connectivity index (χ4n) is 1.58. The van der Waals surface area contributed by atoms with Gasteiger partial charge < -0.3 is 5.11 Å². The van der Waals surface area contributed by atoms with Crippen molar-refractivity contribution >= 4 is 38.9 Å². The van der Waals surface area contributed by atoms with E-state index in [9.17, 15) is 13.2 Å². The van der Waals surface area contributed by atoms with Crippen molar-refractivity contribution in [3.63, 3.8) is 0 Å². The lowest BCUT2D eigenvalue weighted by Crippen LogP contribution is -2.10. The average molecular weight is 343 g/mol. The standard InChI is InChI=1S/C13H13NO4S3/c1-9-8-20-13(14-9)19-5-6-21(17,18)11-4-2-3-10(7-11)12(15)16/h2-4,7-8H,5-6H2,1H3,(H,15,16). The minimum Gasteiger partial charge on any atom is -0.478 e. The second-order valence-corrected chi connectivity index (χ2v) is 8.56. The molecule has 0 unspecified atom stereocenters. The van der Waals surface area contributed by atoms with E-state index in [4.69, 9.17) is 5.11 Å². The number of sulfone groups is 1. The lowest BCUT2D eigenvalue weighted by molar-refractivity contribution is 0.0696. The first-order valence-corrected chi connectivity index (χ1v) is 9.51. The number of nitrogens with zero attached hydrogens (tertiary/aromatic N) is 1. The van der Waals surface area contributed by atoms with Crippen LogP contribution in [0.15, 0.2) is 38.9 Å². The molecule has 0 fully saturated rings. The molecule has 0 atom stereocenters. The lowest BCUT2D eigenvalue weighted by atomic mass is 10.2. The Hall–Kier alpha value is -1.38. The maximum Gasteiger partial charge on any atom is 0.335 e. The van der Waals surface area contributed by atoms with Crippen LogP contribution in [-0.4, -0.2) is 36.0 Å². The molecule has 0 amide bonds. The van der Waals surface area contributed by atoms with Crippen LogP contribution >= 0.6 is 23.1 Å². The van der Waals surface area contributed by atoms with Gasteiger partial charge in [0.2, 0.25) is 0 Å². The number of thioether (sulfide) groups is 1. The van der Waals surface area contributed by atoms with Crippen LogP contribution in [0.2, 0.25) is 0 Å². The molecule has 0 saturated carbocycles. The minimum atomic E-state index is -3.49. The first-order valence-electron chi connectivity index (χ1n) is 5.99. The summed E-state index contributed by atoms with van der Waals surface area (Å²) in [6.45, 7) is 1.88. The summed E-state index contributed by atoms with van der Waals surface area (Å²) in [7, 11) is -3.49. The number of aromatic nitrogens is 1. The molecule has 1 aromatic carbocycles. The molecule has 2 rings (SSSR count). The highest BCUT2D eigenvalue weighted by Crippen LogP contribution is 2.23. The number of thiazole rings is 1. The van der Waals surface area contributed by atoms with Gasteiger partial charge in [-0.1, -0.05) is 17.8 Å². The third-order valence-corrected chi connectivity index (χ3v) is 6.73. The highest BCUT2D eigenvalue weighted by Gasteiger charge is 2.16. The van der Waals surface area contributed by atoms with Crippen LogP contribution in [0.4, 0.5) is 0 Å². The van der Waals surface area contributed by atoms with Gasteiger partial charge in [0.25, 0.3) is 0 Å². The second kappa shape index (κ2) is 6.59. The third-order valence-electron chi connectivity index (χ3n) is 2.62. The van der Waals surface area contributed by atoms with Crippen LogP contribution < -0.4 is 0 Å². The Balaban J connectivity index is 2.04. The molecule has 0 aliphatic rings. The topological polar surface area (TPSA) is 84.3 Å². The normalized spacial score (nSPS) is 11.5. The van der Waals surface area contributed by atoms with Crippen molar-refractivity contribution in [2.75, 3.05) is 11.5 Å². The zero-order valence-electron chi connectivity index (χ0n) is 11.1. The zero-order chi connectivity index (χ0) is 15.5. The van der Waals surface area contributed by atoms with Crippen molar-refractivity contribution in [3.05, 3.63) is 40.9 Å². The Bertz CT molecular complexity index is 752. The summed E-state index contributed by atoms with van der Waals surface area (Å²) in [5.41, 5.74) is 0.888. The average Bonchev–Trinajstić information content (AvgIpc) is 2.84. The van der Waals surface area contributed by atoms with Crippen molar-refractivity contribution in [1.29, 1.82) is 0 Å². The monoisotopic (exact) mass is 343 g/mol. The molecule has 0 radical (unpaired) electrons. The number of aromatic carboxylic acids is 1. The number of carbonyl (C=O) groups is 1. The maximum absolute atomic E-state index is 12.2. The van der Waals surface area contributed by atoms with Crippen molar-refractivity contribution in [1.82, 2.24) is 4.98 Å². The van der Waals surface area contributed by atoms with Gasteiger partial charge in [-0.25, -0.2) is 18.2 Å². The summed E-state index contributed by atoms with van der Waals surface area (Å²) in [6.07, 6.45) is 0. The quantitative estimate of drug-likeness (QED) is 0.812. The van der Waals surface area contributed by atoms with Crippen LogP contribution in [0.3, 0.4) is 0 Å². The summed E-state index contributed by atoms with van der Waals surface area (Å²) >= 11 is 2.87. The smallest absolute Gasteiger partial charge is 0.335 e. The number of carboxylic acids is 1. The number of aryl methyl sites for hydroxylation is 1. The highest BCUT2D eigenvalue weighted by atomic mass is 32.2. The third kappa shape index (κ3) is 4.29. The van der Waals surface area contributed by atoms with E-state index < -0.39 is 15.8 Å². The molecular formula is C13H13NO4S3. The van der Waals surface area contributed by atoms with E-state index in [1.807, 2.05) is 12.3 Å². The van der Waals surface area contributed by atoms with E-state index in [-0.39, 0.29) is 16.2 Å². The Morgan fingerprint density at radius 2 is 2.19 bits per heavy atom. The van der Waals surface area contributed by atoms with Crippen LogP contribution in [0.25, 0.3) is 0 Å². The molecule has 1 N–H and O–H groups in total. The molecule has 21 heavy (non-hydrogen) atoms. The van der Waals surface area contributed by atoms with Gasteiger partial charge in [0.05, 0.1) is 16.2 Å². The molecule has 5 nitrogen and oxygen atoms in total. The van der Waals surface area contributed by atoms with Crippen molar-refractivity contribution in [3.8, 4) is 0 Å². The fraction of sp³-hybridized carbons (Fsp3) is 0.231. The van der Waals surface area contributed by atoms with Gasteiger partial charge in [-0.05, 0) is 25.1 Å². The summed E-state index contributed by atoms with van der Waals surface area (Å²) < 4.78 is 25.2. The van der Waals surface area contributed by atoms with Gasteiger partial charge in [0.15, 0.2) is 9.84 Å². The van der Waals surface area contributed by atoms with E-state index in [0.29, 0.717) is 5.75 Å². The first-order chi connectivity index (χ1) is 9.88. The van der Waals surface area contributed by atoms with E-state index in [2.05, 4.69) is 4.98 Å². The fourth-order valence-corrected chi connectivity index (χ4v) is 5.19. The predicted molar refractivity (Wildman–Crippen MR) is 83.0 cm³/mol. The molecule has 8 heteroatoms. The molecule has 1 heterocycles. The van der Waals surface area contributed by atoms with Crippen LogP contribution in [0.5, 0.6) is 0 Å². The molecule has 0 aliphatic heterocycles. The molecule has 0 aliphatic carbocycles. The summed E-state index contributed by atoms with van der Waals surface area (Å²) in [5, 5.41) is 10.8. The van der Waals surface area contributed by atoms with Crippen molar-refractivity contribution < 1.29 is 18.3 Å². The van der Waals surface area contributed by atoms with Gasteiger partial charge in [0, 0.05) is 16.8 Å². The number of rotatable bonds is 6. The number of hydrogen-bond acceptors (Lipinski definition) is 6. The van der Waals surface area contributed by atoms with Gasteiger partial charge in [-0.3, -0.25) is 0 Å². The zero-order valence-corrected chi connectivity index (χ0v) is 13.6. The maximum atomic E-state index is 12.2. The van der Waals surface area contributed by atoms with E-state index in [1.54, 1.807) is 0 Å².